The molecule has 0 saturated carbocycles. The van der Waals surface area contributed by atoms with Crippen LogP contribution in [0.2, 0.25) is 0 Å². The molecule has 0 aliphatic heterocycles. The van der Waals surface area contributed by atoms with Gasteiger partial charge in [-0.1, -0.05) is 18.2 Å². The summed E-state index contributed by atoms with van der Waals surface area (Å²) in [6, 6.07) is 13.4. The Balaban J connectivity index is 1.98. The Kier molecular flexibility index (Phi) is 5.82. The number of aryl methyl sites for hydroxylation is 2. The van der Waals surface area contributed by atoms with Crippen LogP contribution < -0.4 is 10.6 Å². The maximum absolute atomic E-state index is 12.1. The van der Waals surface area contributed by atoms with Gasteiger partial charge in [0.15, 0.2) is 0 Å². The first-order valence-electron chi connectivity index (χ1n) is 7.31. The highest BCUT2D eigenvalue weighted by atomic mass is 32.2. The largest absolute Gasteiger partial charge is 0.325 e. The Labute approximate surface area is 140 Å². The number of nitrogens with one attached hydrogen (secondary N) is 2. The number of thioether (sulfide) groups is 1. The lowest BCUT2D eigenvalue weighted by Crippen LogP contribution is -2.14. The van der Waals surface area contributed by atoms with Crippen molar-refractivity contribution in [1.29, 1.82) is 0 Å². The zero-order chi connectivity index (χ0) is 16.8. The van der Waals surface area contributed by atoms with Crippen molar-refractivity contribution in [3.63, 3.8) is 0 Å². The minimum Gasteiger partial charge on any atom is -0.325 e. The highest BCUT2D eigenvalue weighted by molar-refractivity contribution is 8.00. The maximum Gasteiger partial charge on any atom is 0.234 e. The second kappa shape index (κ2) is 7.83. The predicted octanol–water partition coefficient (Wildman–Crippen LogP) is 3.99. The van der Waals surface area contributed by atoms with Crippen molar-refractivity contribution in [2.45, 2.75) is 25.7 Å². The second-order valence-corrected chi connectivity index (χ2v) is 6.41. The van der Waals surface area contributed by atoms with Gasteiger partial charge in [-0.25, -0.2) is 0 Å². The average Bonchev–Trinajstić information content (AvgIpc) is 2.44. The minimum absolute atomic E-state index is 0.0716. The van der Waals surface area contributed by atoms with Crippen molar-refractivity contribution in [2.24, 2.45) is 0 Å². The van der Waals surface area contributed by atoms with Gasteiger partial charge >= 0.3 is 0 Å². The molecule has 0 spiro atoms. The van der Waals surface area contributed by atoms with E-state index in [0.717, 1.165) is 27.4 Å². The van der Waals surface area contributed by atoms with Gasteiger partial charge in [-0.2, -0.15) is 0 Å². The quantitative estimate of drug-likeness (QED) is 0.816. The molecule has 0 aromatic heterocycles. The molecule has 0 radical (unpaired) electrons. The summed E-state index contributed by atoms with van der Waals surface area (Å²) in [6.07, 6.45) is 0. The van der Waals surface area contributed by atoms with E-state index >= 15 is 0 Å². The van der Waals surface area contributed by atoms with E-state index in [1.54, 1.807) is 0 Å². The first-order valence-corrected chi connectivity index (χ1v) is 8.30. The van der Waals surface area contributed by atoms with Crippen molar-refractivity contribution in [2.75, 3.05) is 16.4 Å². The third kappa shape index (κ3) is 5.45. The number of carbonyl (C=O) groups excluding carboxylic acids is 2. The molecule has 2 amide bonds. The van der Waals surface area contributed by atoms with Crippen LogP contribution in [0.5, 0.6) is 0 Å². The Morgan fingerprint density at radius 2 is 1.65 bits per heavy atom. The summed E-state index contributed by atoms with van der Waals surface area (Å²) in [5.74, 6) is 0.0826. The van der Waals surface area contributed by atoms with Crippen LogP contribution in [0, 0.1) is 13.8 Å². The normalized spacial score (nSPS) is 10.2. The zero-order valence-electron chi connectivity index (χ0n) is 13.5. The van der Waals surface area contributed by atoms with Crippen LogP contribution >= 0.6 is 11.8 Å². The van der Waals surface area contributed by atoms with Gasteiger partial charge in [0.05, 0.1) is 11.4 Å². The average molecular weight is 328 g/mol. The van der Waals surface area contributed by atoms with Crippen LogP contribution in [0.15, 0.2) is 47.4 Å². The standard InChI is InChI=1S/C18H20N2O2S/c1-12-8-13(2)10-15(9-12)20-18(22)11-23-17-7-5-4-6-16(17)19-14(3)21/h4-10H,11H2,1-3H3,(H,19,21)(H,20,22). The molecule has 0 atom stereocenters. The fourth-order valence-corrected chi connectivity index (χ4v) is 3.08. The molecule has 2 aromatic carbocycles. The van der Waals surface area contributed by atoms with Gasteiger partial charge in [-0.3, -0.25) is 9.59 Å². The molecule has 0 aliphatic rings. The number of anilines is 2. The zero-order valence-corrected chi connectivity index (χ0v) is 14.3. The highest BCUT2D eigenvalue weighted by Crippen LogP contribution is 2.27. The summed E-state index contributed by atoms with van der Waals surface area (Å²) in [5, 5.41) is 5.68. The molecule has 2 aromatic rings. The molecule has 2 rings (SSSR count). The van der Waals surface area contributed by atoms with E-state index in [9.17, 15) is 9.59 Å². The highest BCUT2D eigenvalue weighted by Gasteiger charge is 2.08. The monoisotopic (exact) mass is 328 g/mol. The molecule has 0 saturated heterocycles. The van der Waals surface area contributed by atoms with Gasteiger partial charge in [-0.05, 0) is 49.2 Å². The Bertz CT molecular complexity index is 708. The van der Waals surface area contributed by atoms with E-state index in [0.29, 0.717) is 0 Å². The molecular formula is C18H20N2O2S. The first-order chi connectivity index (χ1) is 10.9. The van der Waals surface area contributed by atoms with Crippen LogP contribution in [0.4, 0.5) is 11.4 Å². The van der Waals surface area contributed by atoms with E-state index in [1.807, 2.05) is 50.2 Å². The summed E-state index contributed by atoms with van der Waals surface area (Å²) >= 11 is 1.40. The van der Waals surface area contributed by atoms with Gasteiger partial charge < -0.3 is 10.6 Å². The minimum atomic E-state index is -0.127. The number of rotatable bonds is 5. The van der Waals surface area contributed by atoms with Crippen molar-refractivity contribution in [3.8, 4) is 0 Å². The Morgan fingerprint density at radius 1 is 1.00 bits per heavy atom. The van der Waals surface area contributed by atoms with Gasteiger partial charge in [-0.15, -0.1) is 11.8 Å². The summed E-state index contributed by atoms with van der Waals surface area (Å²) in [5.41, 5.74) is 3.76. The lowest BCUT2D eigenvalue weighted by molar-refractivity contribution is -0.114. The molecule has 0 fully saturated rings. The topological polar surface area (TPSA) is 58.2 Å². The fraction of sp³-hybridized carbons (Fsp3) is 0.222. The number of hydrogen-bond donors (Lipinski definition) is 2. The maximum atomic E-state index is 12.1. The number of amides is 2. The Hall–Kier alpha value is -2.27. The number of benzene rings is 2. The summed E-state index contributed by atoms with van der Waals surface area (Å²) < 4.78 is 0. The van der Waals surface area contributed by atoms with Gasteiger partial charge in [0.2, 0.25) is 11.8 Å². The smallest absolute Gasteiger partial charge is 0.234 e. The van der Waals surface area contributed by atoms with Crippen LogP contribution in [0.1, 0.15) is 18.1 Å². The van der Waals surface area contributed by atoms with Crippen LogP contribution in [0.25, 0.3) is 0 Å². The van der Waals surface area contributed by atoms with Gasteiger partial charge in [0.25, 0.3) is 0 Å². The third-order valence-corrected chi connectivity index (χ3v) is 4.14. The molecular weight excluding hydrogens is 308 g/mol. The van der Waals surface area contributed by atoms with E-state index in [1.165, 1.54) is 18.7 Å². The third-order valence-electron chi connectivity index (χ3n) is 3.06. The first kappa shape index (κ1) is 17.1. The van der Waals surface area contributed by atoms with Crippen LogP contribution in [0.3, 0.4) is 0 Å². The van der Waals surface area contributed by atoms with Gasteiger partial charge in [0, 0.05) is 17.5 Å². The molecule has 4 nitrogen and oxygen atoms in total. The van der Waals surface area contributed by atoms with E-state index in [-0.39, 0.29) is 17.6 Å². The molecule has 2 N–H and O–H groups in total. The molecule has 0 unspecified atom stereocenters. The summed E-state index contributed by atoms with van der Waals surface area (Å²) in [4.78, 5) is 24.2. The predicted molar refractivity (Wildman–Crippen MR) is 96.0 cm³/mol. The van der Waals surface area contributed by atoms with Crippen molar-refractivity contribution in [1.82, 2.24) is 0 Å². The van der Waals surface area contributed by atoms with Crippen LogP contribution in [-0.4, -0.2) is 17.6 Å². The molecule has 0 aliphatic carbocycles. The molecule has 0 heterocycles. The fourth-order valence-electron chi connectivity index (χ4n) is 2.27. The molecule has 0 bridgehead atoms. The van der Waals surface area contributed by atoms with Crippen molar-refractivity contribution < 1.29 is 9.59 Å². The second-order valence-electron chi connectivity index (χ2n) is 5.39. The lowest BCUT2D eigenvalue weighted by Gasteiger charge is -2.10. The van der Waals surface area contributed by atoms with E-state index < -0.39 is 0 Å². The number of carbonyl (C=O) groups is 2. The van der Waals surface area contributed by atoms with E-state index in [2.05, 4.69) is 16.7 Å². The number of para-hydroxylation sites is 1. The SMILES string of the molecule is CC(=O)Nc1ccccc1SCC(=O)Nc1cc(C)cc(C)c1. The van der Waals surface area contributed by atoms with Crippen molar-refractivity contribution in [3.05, 3.63) is 53.6 Å². The van der Waals surface area contributed by atoms with Crippen LogP contribution in [-0.2, 0) is 9.59 Å². The lowest BCUT2D eigenvalue weighted by atomic mass is 10.1. The Morgan fingerprint density at radius 3 is 2.30 bits per heavy atom. The molecule has 120 valence electrons. The number of hydrogen-bond acceptors (Lipinski definition) is 3. The summed E-state index contributed by atoms with van der Waals surface area (Å²) in [6.45, 7) is 5.47. The summed E-state index contributed by atoms with van der Waals surface area (Å²) in [7, 11) is 0. The molecule has 23 heavy (non-hydrogen) atoms. The van der Waals surface area contributed by atoms with Crippen molar-refractivity contribution >= 4 is 35.0 Å². The van der Waals surface area contributed by atoms with Gasteiger partial charge in [0.1, 0.15) is 0 Å². The van der Waals surface area contributed by atoms with E-state index in [4.69, 9.17) is 0 Å². The molecule has 5 heteroatoms.